The SMILES string of the molecule is O=c1[nH]c(=O)n(CCCCCCC2CCCCO2)c(=O)[nH]1. The quantitative estimate of drug-likeness (QED) is 0.726. The van der Waals surface area contributed by atoms with Gasteiger partial charge in [-0.05, 0) is 32.1 Å². The van der Waals surface area contributed by atoms with Gasteiger partial charge in [-0.15, -0.1) is 0 Å². The number of rotatable bonds is 7. The van der Waals surface area contributed by atoms with E-state index < -0.39 is 17.1 Å². The fourth-order valence-electron chi connectivity index (χ4n) is 2.69. The molecule has 7 nitrogen and oxygen atoms in total. The van der Waals surface area contributed by atoms with Crippen molar-refractivity contribution in [1.82, 2.24) is 14.5 Å². The molecule has 1 atom stereocenters. The minimum Gasteiger partial charge on any atom is -0.378 e. The second-order valence-corrected chi connectivity index (χ2v) is 5.53. The van der Waals surface area contributed by atoms with Gasteiger partial charge in [0, 0.05) is 13.2 Å². The van der Waals surface area contributed by atoms with E-state index in [1.807, 2.05) is 0 Å². The molecule has 0 amide bonds. The second kappa shape index (κ2) is 7.97. The van der Waals surface area contributed by atoms with Crippen molar-refractivity contribution < 1.29 is 4.74 Å². The van der Waals surface area contributed by atoms with Gasteiger partial charge in [0.2, 0.25) is 0 Å². The highest BCUT2D eigenvalue weighted by Gasteiger charge is 2.12. The summed E-state index contributed by atoms with van der Waals surface area (Å²) in [5.41, 5.74) is -2.03. The van der Waals surface area contributed by atoms with Crippen LogP contribution >= 0.6 is 0 Å². The largest absolute Gasteiger partial charge is 0.378 e. The van der Waals surface area contributed by atoms with E-state index in [1.165, 1.54) is 19.3 Å². The minimum absolute atomic E-state index is 0.338. The first-order valence-corrected chi connectivity index (χ1v) is 7.72. The van der Waals surface area contributed by atoms with E-state index in [1.54, 1.807) is 0 Å². The lowest BCUT2D eigenvalue weighted by molar-refractivity contribution is 0.00976. The Labute approximate surface area is 122 Å². The Bertz CT molecular complexity index is 561. The van der Waals surface area contributed by atoms with Crippen LogP contribution in [0.5, 0.6) is 0 Å². The van der Waals surface area contributed by atoms with E-state index in [2.05, 4.69) is 9.97 Å². The van der Waals surface area contributed by atoms with E-state index >= 15 is 0 Å². The van der Waals surface area contributed by atoms with Crippen LogP contribution in [0.1, 0.15) is 51.4 Å². The van der Waals surface area contributed by atoms with E-state index in [0.29, 0.717) is 12.6 Å². The van der Waals surface area contributed by atoms with Crippen LogP contribution in [0.15, 0.2) is 14.4 Å². The van der Waals surface area contributed by atoms with Crippen LogP contribution in [-0.2, 0) is 11.3 Å². The molecule has 0 saturated carbocycles. The number of aromatic amines is 2. The van der Waals surface area contributed by atoms with Gasteiger partial charge in [0.05, 0.1) is 6.10 Å². The summed E-state index contributed by atoms with van der Waals surface area (Å²) in [6.07, 6.45) is 9.02. The van der Waals surface area contributed by atoms with Crippen molar-refractivity contribution in [3.8, 4) is 0 Å². The van der Waals surface area contributed by atoms with Gasteiger partial charge < -0.3 is 4.74 Å². The first-order valence-electron chi connectivity index (χ1n) is 7.72. The Morgan fingerprint density at radius 3 is 2.38 bits per heavy atom. The van der Waals surface area contributed by atoms with Crippen LogP contribution < -0.4 is 17.1 Å². The van der Waals surface area contributed by atoms with E-state index in [4.69, 9.17) is 4.74 Å². The molecule has 1 unspecified atom stereocenters. The van der Waals surface area contributed by atoms with Gasteiger partial charge in [-0.2, -0.15) is 0 Å². The maximum atomic E-state index is 11.5. The Balaban J connectivity index is 1.65. The van der Waals surface area contributed by atoms with Crippen molar-refractivity contribution in [1.29, 1.82) is 0 Å². The molecule has 0 radical (unpaired) electrons. The van der Waals surface area contributed by atoms with Crippen molar-refractivity contribution >= 4 is 0 Å². The standard InChI is InChI=1S/C14H23N3O4/c18-12-15-13(19)17(14(20)16-12)9-5-2-1-3-7-11-8-4-6-10-21-11/h11H,1-10H2,(H2,15,16,18,19,20). The predicted molar refractivity (Wildman–Crippen MR) is 78.6 cm³/mol. The molecular formula is C14H23N3O4. The van der Waals surface area contributed by atoms with Gasteiger partial charge in [0.25, 0.3) is 0 Å². The molecule has 2 rings (SSSR count). The van der Waals surface area contributed by atoms with Crippen LogP contribution in [0.25, 0.3) is 0 Å². The lowest BCUT2D eigenvalue weighted by atomic mass is 10.0. The van der Waals surface area contributed by atoms with Gasteiger partial charge in [-0.3, -0.25) is 9.97 Å². The van der Waals surface area contributed by atoms with Gasteiger partial charge in [-0.25, -0.2) is 19.0 Å². The zero-order chi connectivity index (χ0) is 15.1. The first kappa shape index (κ1) is 15.8. The van der Waals surface area contributed by atoms with Crippen LogP contribution in [0.4, 0.5) is 0 Å². The number of hydrogen-bond donors (Lipinski definition) is 2. The maximum absolute atomic E-state index is 11.5. The number of ether oxygens (including phenoxy) is 1. The summed E-state index contributed by atoms with van der Waals surface area (Å²) in [5.74, 6) is 0. The van der Waals surface area contributed by atoms with Gasteiger partial charge in [-0.1, -0.05) is 19.3 Å². The molecule has 1 aromatic heterocycles. The number of nitrogens with zero attached hydrogens (tertiary/aromatic N) is 1. The summed E-state index contributed by atoms with van der Waals surface area (Å²) in [6, 6.07) is 0. The molecule has 0 bridgehead atoms. The first-order chi connectivity index (χ1) is 10.2. The number of unbranched alkanes of at least 4 members (excludes halogenated alkanes) is 3. The maximum Gasteiger partial charge on any atom is 0.333 e. The molecule has 1 aliphatic heterocycles. The molecule has 21 heavy (non-hydrogen) atoms. The molecule has 0 aromatic carbocycles. The topological polar surface area (TPSA) is 96.9 Å². The smallest absolute Gasteiger partial charge is 0.333 e. The van der Waals surface area contributed by atoms with Gasteiger partial charge in [0.1, 0.15) is 0 Å². The van der Waals surface area contributed by atoms with Gasteiger partial charge >= 0.3 is 17.1 Å². The monoisotopic (exact) mass is 297 g/mol. The Hall–Kier alpha value is -1.63. The summed E-state index contributed by atoms with van der Waals surface area (Å²) >= 11 is 0. The number of aromatic nitrogens is 3. The Morgan fingerprint density at radius 2 is 1.71 bits per heavy atom. The third-order valence-electron chi connectivity index (χ3n) is 3.86. The summed E-state index contributed by atoms with van der Waals surface area (Å²) < 4.78 is 6.71. The fourth-order valence-corrected chi connectivity index (χ4v) is 2.69. The fraction of sp³-hybridized carbons (Fsp3) is 0.786. The van der Waals surface area contributed by atoms with Crippen LogP contribution in [0.2, 0.25) is 0 Å². The number of H-pyrrole nitrogens is 2. The average Bonchev–Trinajstić information content (AvgIpc) is 2.45. The lowest BCUT2D eigenvalue weighted by Gasteiger charge is -2.22. The van der Waals surface area contributed by atoms with E-state index in [9.17, 15) is 14.4 Å². The molecule has 0 spiro atoms. The van der Waals surface area contributed by atoms with Crippen LogP contribution in [-0.4, -0.2) is 27.2 Å². The second-order valence-electron chi connectivity index (χ2n) is 5.53. The molecule has 1 fully saturated rings. The highest BCUT2D eigenvalue weighted by atomic mass is 16.5. The molecule has 2 heterocycles. The van der Waals surface area contributed by atoms with Gasteiger partial charge in [0.15, 0.2) is 0 Å². The number of nitrogens with one attached hydrogen (secondary N) is 2. The summed E-state index contributed by atoms with van der Waals surface area (Å²) in [7, 11) is 0. The Morgan fingerprint density at radius 1 is 1.00 bits per heavy atom. The van der Waals surface area contributed by atoms with E-state index in [-0.39, 0.29) is 0 Å². The highest BCUT2D eigenvalue weighted by Crippen LogP contribution is 2.18. The predicted octanol–water partition coefficient (Wildman–Crippen LogP) is 0.744. The molecule has 118 valence electrons. The summed E-state index contributed by atoms with van der Waals surface area (Å²) in [5, 5.41) is 0. The summed E-state index contributed by atoms with van der Waals surface area (Å²) in [4.78, 5) is 37.9. The molecule has 0 aliphatic carbocycles. The molecule has 1 aliphatic rings. The van der Waals surface area contributed by atoms with Crippen molar-refractivity contribution in [2.45, 2.75) is 64.0 Å². The molecular weight excluding hydrogens is 274 g/mol. The number of hydrogen-bond acceptors (Lipinski definition) is 4. The van der Waals surface area contributed by atoms with Crippen molar-refractivity contribution in [3.05, 3.63) is 31.5 Å². The van der Waals surface area contributed by atoms with E-state index in [0.717, 1.165) is 43.3 Å². The Kier molecular flexibility index (Phi) is 5.98. The van der Waals surface area contributed by atoms with Crippen molar-refractivity contribution in [2.24, 2.45) is 0 Å². The lowest BCUT2D eigenvalue weighted by Crippen LogP contribution is -2.43. The third kappa shape index (κ3) is 5.00. The zero-order valence-corrected chi connectivity index (χ0v) is 12.2. The minimum atomic E-state index is -0.756. The summed E-state index contributed by atoms with van der Waals surface area (Å²) in [6.45, 7) is 1.23. The zero-order valence-electron chi connectivity index (χ0n) is 12.2. The average molecular weight is 297 g/mol. The van der Waals surface area contributed by atoms with Crippen molar-refractivity contribution in [3.63, 3.8) is 0 Å². The molecule has 1 aromatic rings. The van der Waals surface area contributed by atoms with Crippen molar-refractivity contribution in [2.75, 3.05) is 6.61 Å². The molecule has 2 N–H and O–H groups in total. The third-order valence-corrected chi connectivity index (χ3v) is 3.86. The van der Waals surface area contributed by atoms with Crippen LogP contribution in [0.3, 0.4) is 0 Å². The van der Waals surface area contributed by atoms with Crippen LogP contribution in [0, 0.1) is 0 Å². The highest BCUT2D eigenvalue weighted by molar-refractivity contribution is 4.69. The normalized spacial score (nSPS) is 18.8. The molecule has 1 saturated heterocycles. The molecule has 7 heteroatoms.